The molecule has 0 unspecified atom stereocenters. The molecule has 16 heavy (non-hydrogen) atoms. The standard InChI is InChI=1S/C12H10BFO2/c14-12-7-3-10(4-8-12)9-1-5-11(6-2-9)13(15)16/h1-8,15-16H. The predicted molar refractivity (Wildman–Crippen MR) is 61.7 cm³/mol. The zero-order valence-corrected chi connectivity index (χ0v) is 8.47. The fourth-order valence-corrected chi connectivity index (χ4v) is 1.49. The van der Waals surface area contributed by atoms with Crippen LogP contribution in [0.1, 0.15) is 0 Å². The molecule has 0 spiro atoms. The fraction of sp³-hybridized carbons (Fsp3) is 0. The second-order valence-corrected chi connectivity index (χ2v) is 3.50. The Morgan fingerprint density at radius 3 is 1.62 bits per heavy atom. The van der Waals surface area contributed by atoms with Crippen LogP contribution in [-0.4, -0.2) is 17.2 Å². The molecule has 0 aliphatic rings. The quantitative estimate of drug-likeness (QED) is 0.739. The molecule has 0 bridgehead atoms. The first kappa shape index (κ1) is 10.9. The van der Waals surface area contributed by atoms with Crippen molar-refractivity contribution in [1.82, 2.24) is 0 Å². The van der Waals surface area contributed by atoms with Crippen LogP contribution in [0.2, 0.25) is 0 Å². The second kappa shape index (κ2) is 4.47. The van der Waals surface area contributed by atoms with E-state index < -0.39 is 7.12 Å². The van der Waals surface area contributed by atoms with Crippen molar-refractivity contribution >= 4 is 12.6 Å². The summed E-state index contributed by atoms with van der Waals surface area (Å²) in [6.07, 6.45) is 0. The third kappa shape index (κ3) is 2.29. The van der Waals surface area contributed by atoms with Gasteiger partial charge in [0.2, 0.25) is 0 Å². The largest absolute Gasteiger partial charge is 0.488 e. The highest BCUT2D eigenvalue weighted by Gasteiger charge is 2.09. The molecule has 2 nitrogen and oxygen atoms in total. The molecule has 0 aliphatic heterocycles. The molecule has 2 N–H and O–H groups in total. The lowest BCUT2D eigenvalue weighted by Crippen LogP contribution is -2.29. The van der Waals surface area contributed by atoms with Gasteiger partial charge in [-0.15, -0.1) is 0 Å². The Morgan fingerprint density at radius 2 is 1.19 bits per heavy atom. The van der Waals surface area contributed by atoms with Gasteiger partial charge in [-0.25, -0.2) is 4.39 Å². The van der Waals surface area contributed by atoms with Crippen LogP contribution >= 0.6 is 0 Å². The summed E-state index contributed by atoms with van der Waals surface area (Å²) in [5.74, 6) is -0.272. The lowest BCUT2D eigenvalue weighted by atomic mass is 9.80. The monoisotopic (exact) mass is 216 g/mol. The maximum absolute atomic E-state index is 12.7. The van der Waals surface area contributed by atoms with E-state index in [1.54, 1.807) is 36.4 Å². The van der Waals surface area contributed by atoms with Gasteiger partial charge in [0, 0.05) is 0 Å². The van der Waals surface area contributed by atoms with Crippen LogP contribution < -0.4 is 5.46 Å². The highest BCUT2D eigenvalue weighted by molar-refractivity contribution is 6.58. The molecular formula is C12H10BFO2. The van der Waals surface area contributed by atoms with Crippen molar-refractivity contribution in [3.63, 3.8) is 0 Å². The SMILES string of the molecule is OB(O)c1ccc(-c2ccc(F)cc2)cc1. The highest BCUT2D eigenvalue weighted by Crippen LogP contribution is 2.18. The summed E-state index contributed by atoms with van der Waals surface area (Å²) in [6.45, 7) is 0. The molecular weight excluding hydrogens is 206 g/mol. The average molecular weight is 216 g/mol. The van der Waals surface area contributed by atoms with Gasteiger partial charge in [-0.2, -0.15) is 0 Å². The molecule has 0 saturated carbocycles. The van der Waals surface area contributed by atoms with E-state index in [1.807, 2.05) is 0 Å². The van der Waals surface area contributed by atoms with Crippen molar-refractivity contribution in [2.45, 2.75) is 0 Å². The van der Waals surface area contributed by atoms with E-state index in [4.69, 9.17) is 10.0 Å². The Labute approximate surface area is 93.1 Å². The first-order chi connectivity index (χ1) is 7.66. The van der Waals surface area contributed by atoms with Gasteiger partial charge in [0.1, 0.15) is 5.82 Å². The fourth-order valence-electron chi connectivity index (χ4n) is 1.49. The van der Waals surface area contributed by atoms with Gasteiger partial charge in [-0.05, 0) is 28.7 Å². The van der Waals surface area contributed by atoms with Gasteiger partial charge in [0.15, 0.2) is 0 Å². The topological polar surface area (TPSA) is 40.5 Å². The van der Waals surface area contributed by atoms with Crippen LogP contribution in [0.15, 0.2) is 48.5 Å². The van der Waals surface area contributed by atoms with Crippen LogP contribution in [-0.2, 0) is 0 Å². The van der Waals surface area contributed by atoms with E-state index in [-0.39, 0.29) is 5.82 Å². The Bertz CT molecular complexity index is 465. The summed E-state index contributed by atoms with van der Waals surface area (Å²) in [6, 6.07) is 12.9. The summed E-state index contributed by atoms with van der Waals surface area (Å²) in [5, 5.41) is 17.9. The number of halogens is 1. The van der Waals surface area contributed by atoms with Crippen LogP contribution in [0.3, 0.4) is 0 Å². The van der Waals surface area contributed by atoms with Crippen molar-refractivity contribution in [3.8, 4) is 11.1 Å². The van der Waals surface area contributed by atoms with E-state index in [2.05, 4.69) is 0 Å². The minimum atomic E-state index is -1.46. The molecule has 0 atom stereocenters. The minimum Gasteiger partial charge on any atom is -0.423 e. The van der Waals surface area contributed by atoms with E-state index in [1.165, 1.54) is 12.1 Å². The number of hydrogen-bond donors (Lipinski definition) is 2. The Morgan fingerprint density at radius 1 is 0.750 bits per heavy atom. The van der Waals surface area contributed by atoms with E-state index in [0.717, 1.165) is 11.1 Å². The third-order valence-electron chi connectivity index (χ3n) is 2.39. The normalized spacial score (nSPS) is 10.2. The molecule has 0 saturated heterocycles. The van der Waals surface area contributed by atoms with Crippen molar-refractivity contribution < 1.29 is 14.4 Å². The van der Waals surface area contributed by atoms with Crippen molar-refractivity contribution in [3.05, 3.63) is 54.3 Å². The zero-order chi connectivity index (χ0) is 11.5. The predicted octanol–water partition coefficient (Wildman–Crippen LogP) is 1.17. The minimum absolute atomic E-state index is 0.272. The molecule has 2 rings (SSSR count). The van der Waals surface area contributed by atoms with Crippen LogP contribution in [0.5, 0.6) is 0 Å². The van der Waals surface area contributed by atoms with Gasteiger partial charge in [-0.1, -0.05) is 36.4 Å². The molecule has 0 aliphatic carbocycles. The Hall–Kier alpha value is -1.65. The number of rotatable bonds is 2. The van der Waals surface area contributed by atoms with Crippen LogP contribution in [0.25, 0.3) is 11.1 Å². The van der Waals surface area contributed by atoms with Gasteiger partial charge in [0.05, 0.1) is 0 Å². The Balaban J connectivity index is 2.31. The molecule has 2 aromatic rings. The summed E-state index contributed by atoms with van der Waals surface area (Å²) >= 11 is 0. The van der Waals surface area contributed by atoms with Crippen LogP contribution in [0.4, 0.5) is 4.39 Å². The van der Waals surface area contributed by atoms with E-state index in [9.17, 15) is 4.39 Å². The molecule has 0 radical (unpaired) electrons. The lowest BCUT2D eigenvalue weighted by Gasteiger charge is -2.03. The third-order valence-corrected chi connectivity index (χ3v) is 2.39. The molecule has 0 aromatic heterocycles. The summed E-state index contributed by atoms with van der Waals surface area (Å²) < 4.78 is 12.7. The number of hydrogen-bond acceptors (Lipinski definition) is 2. The first-order valence-corrected chi connectivity index (χ1v) is 4.89. The van der Waals surface area contributed by atoms with Gasteiger partial charge in [0.25, 0.3) is 0 Å². The average Bonchev–Trinajstić information content (AvgIpc) is 2.30. The van der Waals surface area contributed by atoms with Gasteiger partial charge < -0.3 is 10.0 Å². The van der Waals surface area contributed by atoms with Crippen LogP contribution in [0, 0.1) is 5.82 Å². The smallest absolute Gasteiger partial charge is 0.423 e. The zero-order valence-electron chi connectivity index (χ0n) is 8.47. The summed E-state index contributed by atoms with van der Waals surface area (Å²) in [7, 11) is -1.46. The number of benzene rings is 2. The first-order valence-electron chi connectivity index (χ1n) is 4.89. The molecule has 80 valence electrons. The van der Waals surface area contributed by atoms with Gasteiger partial charge in [-0.3, -0.25) is 0 Å². The van der Waals surface area contributed by atoms with Crippen molar-refractivity contribution in [1.29, 1.82) is 0 Å². The molecule has 4 heteroatoms. The molecule has 2 aromatic carbocycles. The second-order valence-electron chi connectivity index (χ2n) is 3.50. The summed E-state index contributed by atoms with van der Waals surface area (Å²) in [5.41, 5.74) is 2.23. The van der Waals surface area contributed by atoms with E-state index in [0.29, 0.717) is 5.46 Å². The van der Waals surface area contributed by atoms with E-state index >= 15 is 0 Å². The maximum Gasteiger partial charge on any atom is 0.488 e. The summed E-state index contributed by atoms with van der Waals surface area (Å²) in [4.78, 5) is 0. The Kier molecular flexibility index (Phi) is 3.03. The molecule has 0 amide bonds. The highest BCUT2D eigenvalue weighted by atomic mass is 19.1. The van der Waals surface area contributed by atoms with Crippen molar-refractivity contribution in [2.75, 3.05) is 0 Å². The molecule has 0 heterocycles. The lowest BCUT2D eigenvalue weighted by molar-refractivity contribution is 0.426. The maximum atomic E-state index is 12.7. The van der Waals surface area contributed by atoms with Crippen molar-refractivity contribution in [2.24, 2.45) is 0 Å². The molecule has 0 fully saturated rings. The van der Waals surface area contributed by atoms with Gasteiger partial charge >= 0.3 is 7.12 Å².